The van der Waals surface area contributed by atoms with Gasteiger partial charge in [-0.15, -0.1) is 11.3 Å². The van der Waals surface area contributed by atoms with Gasteiger partial charge in [-0.25, -0.2) is 18.0 Å². The van der Waals surface area contributed by atoms with Crippen LogP contribution in [0.2, 0.25) is 0 Å². The van der Waals surface area contributed by atoms with Crippen LogP contribution in [0, 0.1) is 0 Å². The van der Waals surface area contributed by atoms with Gasteiger partial charge in [-0.3, -0.25) is 0 Å². The summed E-state index contributed by atoms with van der Waals surface area (Å²) in [6, 6.07) is 2.48. The number of carboxylic acid groups (broad SMARTS) is 1. The van der Waals surface area contributed by atoms with Gasteiger partial charge in [-0.1, -0.05) is 0 Å². The number of carbonyl (C=O) groups excluding carboxylic acids is 1. The van der Waals surface area contributed by atoms with Crippen LogP contribution < -0.4 is 0 Å². The first-order valence-electron chi connectivity index (χ1n) is 5.89. The molecule has 10 heteroatoms. The fourth-order valence-corrected chi connectivity index (χ4v) is 4.54. The highest BCUT2D eigenvalue weighted by atomic mass is 32.2. The molecule has 0 aromatic carbocycles. The fraction of sp³-hybridized carbons (Fsp3) is 0.455. The number of thiophene rings is 1. The first-order valence-corrected chi connectivity index (χ1v) is 8.14. The molecule has 8 nitrogen and oxygen atoms in total. The molecule has 1 saturated heterocycles. The Bertz CT molecular complexity index is 651. The minimum atomic E-state index is -3.85. The molecule has 1 aliphatic heterocycles. The predicted molar refractivity (Wildman–Crippen MR) is 71.8 cm³/mol. The minimum Gasteiger partial charge on any atom is -0.477 e. The Hall–Kier alpha value is -1.49. The Morgan fingerprint density at radius 2 is 2.19 bits per heavy atom. The van der Waals surface area contributed by atoms with Gasteiger partial charge in [0, 0.05) is 6.54 Å². The van der Waals surface area contributed by atoms with Crippen LogP contribution in [0.1, 0.15) is 9.67 Å². The second kappa shape index (κ2) is 6.10. The Balaban J connectivity index is 2.22. The molecule has 1 N–H and O–H groups in total. The van der Waals surface area contributed by atoms with Gasteiger partial charge in [0.1, 0.15) is 9.09 Å². The maximum Gasteiger partial charge on any atom is 0.345 e. The molecule has 1 aliphatic rings. The summed E-state index contributed by atoms with van der Waals surface area (Å²) in [7, 11) is -2.66. The van der Waals surface area contributed by atoms with Gasteiger partial charge in [0.25, 0.3) is 10.0 Å². The van der Waals surface area contributed by atoms with Crippen LogP contribution in [0.5, 0.6) is 0 Å². The summed E-state index contributed by atoms with van der Waals surface area (Å²) in [6.45, 7) is 0.00159. The zero-order chi connectivity index (χ0) is 15.6. The monoisotopic (exact) mass is 335 g/mol. The number of carboxylic acids is 1. The zero-order valence-electron chi connectivity index (χ0n) is 11.0. The summed E-state index contributed by atoms with van der Waals surface area (Å²) >= 11 is 0.671. The van der Waals surface area contributed by atoms with Crippen molar-refractivity contribution in [3.05, 3.63) is 17.0 Å². The second-order valence-corrected chi connectivity index (χ2v) is 7.42. The summed E-state index contributed by atoms with van der Waals surface area (Å²) in [5.41, 5.74) is 0. The highest BCUT2D eigenvalue weighted by molar-refractivity contribution is 7.91. The average molecular weight is 335 g/mol. The van der Waals surface area contributed by atoms with Crippen molar-refractivity contribution in [3.8, 4) is 0 Å². The number of ether oxygens (including phenoxy) is 2. The third-order valence-electron chi connectivity index (χ3n) is 2.88. The Morgan fingerprint density at radius 3 is 2.76 bits per heavy atom. The number of nitrogens with zero attached hydrogens (tertiary/aromatic N) is 1. The van der Waals surface area contributed by atoms with E-state index < -0.39 is 28.1 Å². The van der Waals surface area contributed by atoms with Crippen LogP contribution in [-0.4, -0.2) is 62.7 Å². The third-order valence-corrected chi connectivity index (χ3v) is 6.29. The topological polar surface area (TPSA) is 110 Å². The molecule has 1 aromatic rings. The molecular weight excluding hydrogens is 322 g/mol. The van der Waals surface area contributed by atoms with Crippen molar-refractivity contribution in [3.63, 3.8) is 0 Å². The molecule has 2 rings (SSSR count). The van der Waals surface area contributed by atoms with Gasteiger partial charge in [-0.2, -0.15) is 4.31 Å². The van der Waals surface area contributed by atoms with Gasteiger partial charge in [0.15, 0.2) is 6.10 Å². The molecular formula is C11H13NO7S2. The molecule has 0 amide bonds. The molecule has 0 aliphatic carbocycles. The Morgan fingerprint density at radius 1 is 1.48 bits per heavy atom. The standard InChI is InChI=1S/C11H13NO7S2/c1-18-11(15)7-6-12(4-5-19-7)21(16,17)9-3-2-8(20-9)10(13)14/h2-3,7H,4-6H2,1H3,(H,13,14). The lowest BCUT2D eigenvalue weighted by atomic mass is 10.3. The minimum absolute atomic E-state index is 0.0636. The summed E-state index contributed by atoms with van der Waals surface area (Å²) < 4.78 is 35.5. The summed E-state index contributed by atoms with van der Waals surface area (Å²) in [4.78, 5) is 22.2. The second-order valence-electron chi connectivity index (χ2n) is 4.17. The van der Waals surface area contributed by atoms with Gasteiger partial charge >= 0.3 is 11.9 Å². The first kappa shape index (κ1) is 15.9. The van der Waals surface area contributed by atoms with E-state index in [-0.39, 0.29) is 28.8 Å². The number of carbonyl (C=O) groups is 2. The van der Waals surface area contributed by atoms with Crippen molar-refractivity contribution in [2.24, 2.45) is 0 Å². The number of rotatable bonds is 4. The van der Waals surface area contributed by atoms with E-state index in [0.29, 0.717) is 11.3 Å². The molecule has 21 heavy (non-hydrogen) atoms. The van der Waals surface area contributed by atoms with E-state index in [1.165, 1.54) is 19.2 Å². The Kier molecular flexibility index (Phi) is 4.61. The van der Waals surface area contributed by atoms with E-state index in [4.69, 9.17) is 9.84 Å². The highest BCUT2D eigenvalue weighted by Crippen LogP contribution is 2.26. The van der Waals surface area contributed by atoms with E-state index in [1.807, 2.05) is 0 Å². The van der Waals surface area contributed by atoms with E-state index >= 15 is 0 Å². The van der Waals surface area contributed by atoms with Gasteiger partial charge in [0.05, 0.1) is 20.3 Å². The number of methoxy groups -OCH3 is 1. The lowest BCUT2D eigenvalue weighted by Gasteiger charge is -2.30. The van der Waals surface area contributed by atoms with E-state index in [0.717, 1.165) is 4.31 Å². The van der Waals surface area contributed by atoms with Crippen molar-refractivity contribution in [2.45, 2.75) is 10.3 Å². The summed E-state index contributed by atoms with van der Waals surface area (Å²) in [6.07, 6.45) is -0.975. The van der Waals surface area contributed by atoms with Crippen LogP contribution in [0.4, 0.5) is 0 Å². The number of esters is 1. The SMILES string of the molecule is COC(=O)C1CN(S(=O)(=O)c2ccc(C(=O)O)s2)CCO1. The molecule has 2 heterocycles. The smallest absolute Gasteiger partial charge is 0.345 e. The first-order chi connectivity index (χ1) is 9.86. The van der Waals surface area contributed by atoms with Gasteiger partial charge < -0.3 is 14.6 Å². The molecule has 0 saturated carbocycles. The van der Waals surface area contributed by atoms with E-state index in [1.54, 1.807) is 0 Å². The lowest BCUT2D eigenvalue weighted by molar-refractivity contribution is -0.157. The van der Waals surface area contributed by atoms with Crippen molar-refractivity contribution >= 4 is 33.3 Å². The van der Waals surface area contributed by atoms with Gasteiger partial charge in [0.2, 0.25) is 0 Å². The molecule has 0 radical (unpaired) electrons. The largest absolute Gasteiger partial charge is 0.477 e. The maximum atomic E-state index is 12.4. The van der Waals surface area contributed by atoms with E-state index in [9.17, 15) is 18.0 Å². The predicted octanol–water partition coefficient (Wildman–Crippen LogP) is 0.00880. The molecule has 0 bridgehead atoms. The number of aromatic carboxylic acids is 1. The number of morpholine rings is 1. The molecule has 116 valence electrons. The van der Waals surface area contributed by atoms with Crippen molar-refractivity contribution < 1.29 is 32.6 Å². The molecule has 0 spiro atoms. The lowest BCUT2D eigenvalue weighted by Crippen LogP contribution is -2.48. The fourth-order valence-electron chi connectivity index (χ4n) is 1.82. The van der Waals surface area contributed by atoms with E-state index in [2.05, 4.69) is 4.74 Å². The number of hydrogen-bond acceptors (Lipinski definition) is 7. The number of hydrogen-bond donors (Lipinski definition) is 1. The summed E-state index contributed by atoms with van der Waals surface area (Å²) in [5.74, 6) is -1.83. The van der Waals surface area contributed by atoms with Crippen molar-refractivity contribution in [1.29, 1.82) is 0 Å². The van der Waals surface area contributed by atoms with Crippen molar-refractivity contribution in [2.75, 3.05) is 26.8 Å². The normalized spacial score (nSPS) is 20.1. The molecule has 1 unspecified atom stereocenters. The number of sulfonamides is 1. The quantitative estimate of drug-likeness (QED) is 0.772. The molecule has 1 atom stereocenters. The third kappa shape index (κ3) is 3.23. The van der Waals surface area contributed by atoms with Crippen molar-refractivity contribution in [1.82, 2.24) is 4.31 Å². The highest BCUT2D eigenvalue weighted by Gasteiger charge is 2.35. The van der Waals surface area contributed by atoms with Crippen LogP contribution in [-0.2, 0) is 24.3 Å². The van der Waals surface area contributed by atoms with Crippen LogP contribution >= 0.6 is 11.3 Å². The van der Waals surface area contributed by atoms with Crippen LogP contribution in [0.25, 0.3) is 0 Å². The average Bonchev–Trinajstić information content (AvgIpc) is 2.97. The zero-order valence-corrected chi connectivity index (χ0v) is 12.6. The molecule has 1 fully saturated rings. The molecule has 1 aromatic heterocycles. The maximum absolute atomic E-state index is 12.4. The Labute approximate surface area is 124 Å². The van der Waals surface area contributed by atoms with Crippen LogP contribution in [0.15, 0.2) is 16.3 Å². The summed E-state index contributed by atoms with van der Waals surface area (Å²) in [5, 5.41) is 8.84. The van der Waals surface area contributed by atoms with Gasteiger partial charge in [-0.05, 0) is 12.1 Å². The van der Waals surface area contributed by atoms with Crippen LogP contribution in [0.3, 0.4) is 0 Å².